The van der Waals surface area contributed by atoms with Gasteiger partial charge in [0.05, 0.1) is 21.3 Å². The molecule has 2 N–H and O–H groups in total. The fourth-order valence-electron chi connectivity index (χ4n) is 2.71. The minimum Gasteiger partial charge on any atom is -0.468 e. The SMILES string of the molecule is COC(=O)C(C(=O)OC)[C@@H](C)[C@@H](NC(=O)[C@H](CC(C)C)NC(C)=O)C(=O)OC. The molecule has 28 heavy (non-hydrogen) atoms. The molecule has 0 aromatic rings. The molecular weight excluding hydrogens is 372 g/mol. The van der Waals surface area contributed by atoms with Crippen LogP contribution in [-0.4, -0.2) is 63.1 Å². The van der Waals surface area contributed by atoms with Gasteiger partial charge in [-0.25, -0.2) is 4.79 Å². The molecule has 0 saturated carbocycles. The van der Waals surface area contributed by atoms with Gasteiger partial charge in [0.15, 0.2) is 5.92 Å². The summed E-state index contributed by atoms with van der Waals surface area (Å²) in [5, 5.41) is 5.00. The highest BCUT2D eigenvalue weighted by atomic mass is 16.5. The smallest absolute Gasteiger partial charge is 0.328 e. The van der Waals surface area contributed by atoms with Gasteiger partial charge in [0.25, 0.3) is 0 Å². The first-order valence-electron chi connectivity index (χ1n) is 8.81. The third-order valence-electron chi connectivity index (χ3n) is 4.12. The van der Waals surface area contributed by atoms with E-state index in [9.17, 15) is 24.0 Å². The maximum atomic E-state index is 12.7. The van der Waals surface area contributed by atoms with Gasteiger partial charge >= 0.3 is 17.9 Å². The van der Waals surface area contributed by atoms with Crippen LogP contribution in [0.5, 0.6) is 0 Å². The summed E-state index contributed by atoms with van der Waals surface area (Å²) >= 11 is 0. The zero-order chi connectivity index (χ0) is 22.0. The molecule has 0 fully saturated rings. The van der Waals surface area contributed by atoms with E-state index >= 15 is 0 Å². The number of nitrogens with one attached hydrogen (secondary N) is 2. The molecule has 0 bridgehead atoms. The lowest BCUT2D eigenvalue weighted by Crippen LogP contribution is -2.56. The first kappa shape index (κ1) is 25.4. The molecule has 0 unspecified atom stereocenters. The number of carbonyl (C=O) groups is 5. The molecule has 0 aliphatic heterocycles. The zero-order valence-electron chi connectivity index (χ0n) is 17.4. The molecular formula is C18H30N2O8. The van der Waals surface area contributed by atoms with Crippen molar-refractivity contribution in [2.45, 2.75) is 46.2 Å². The highest BCUT2D eigenvalue weighted by molar-refractivity contribution is 5.97. The minimum atomic E-state index is -1.45. The standard InChI is InChI=1S/C18H30N2O8/c1-9(2)8-12(19-11(4)21)15(22)20-14(18(25)28-7)10(3)13(16(23)26-5)17(24)27-6/h9-10,12-14H,8H2,1-7H3,(H,19,21)(H,20,22)/t10-,12+,14-/m1/s1. The van der Waals surface area contributed by atoms with Crippen molar-refractivity contribution in [1.29, 1.82) is 0 Å². The fraction of sp³-hybridized carbons (Fsp3) is 0.722. The van der Waals surface area contributed by atoms with Crippen LogP contribution in [-0.2, 0) is 38.2 Å². The van der Waals surface area contributed by atoms with Crippen LogP contribution in [0.3, 0.4) is 0 Å². The molecule has 10 nitrogen and oxygen atoms in total. The summed E-state index contributed by atoms with van der Waals surface area (Å²) in [5.74, 6) is -6.15. The Labute approximate surface area is 164 Å². The third-order valence-corrected chi connectivity index (χ3v) is 4.12. The summed E-state index contributed by atoms with van der Waals surface area (Å²) in [7, 11) is 3.29. The van der Waals surface area contributed by atoms with Gasteiger partial charge in [-0.2, -0.15) is 0 Å². The van der Waals surface area contributed by atoms with Crippen molar-refractivity contribution in [3.8, 4) is 0 Å². The molecule has 0 aromatic carbocycles. The first-order chi connectivity index (χ1) is 13.0. The van der Waals surface area contributed by atoms with E-state index in [-0.39, 0.29) is 5.92 Å². The van der Waals surface area contributed by atoms with Crippen molar-refractivity contribution >= 4 is 29.7 Å². The van der Waals surface area contributed by atoms with E-state index in [4.69, 9.17) is 4.74 Å². The molecule has 0 aromatic heterocycles. The second-order valence-corrected chi connectivity index (χ2v) is 6.78. The largest absolute Gasteiger partial charge is 0.468 e. The van der Waals surface area contributed by atoms with Gasteiger partial charge in [-0.1, -0.05) is 20.8 Å². The van der Waals surface area contributed by atoms with E-state index in [2.05, 4.69) is 20.1 Å². The van der Waals surface area contributed by atoms with E-state index in [1.807, 2.05) is 13.8 Å². The van der Waals surface area contributed by atoms with E-state index in [1.165, 1.54) is 13.8 Å². The summed E-state index contributed by atoms with van der Waals surface area (Å²) in [6.07, 6.45) is 0.325. The van der Waals surface area contributed by atoms with Gasteiger partial charge in [0, 0.05) is 12.8 Å². The van der Waals surface area contributed by atoms with Crippen LogP contribution in [0.15, 0.2) is 0 Å². The molecule has 0 spiro atoms. The average molecular weight is 402 g/mol. The second-order valence-electron chi connectivity index (χ2n) is 6.78. The minimum absolute atomic E-state index is 0.0782. The Kier molecular flexibility index (Phi) is 10.8. The van der Waals surface area contributed by atoms with Crippen LogP contribution >= 0.6 is 0 Å². The molecule has 0 saturated heterocycles. The Morgan fingerprint density at radius 1 is 0.786 bits per heavy atom. The Morgan fingerprint density at radius 3 is 1.61 bits per heavy atom. The van der Waals surface area contributed by atoms with Gasteiger partial charge in [0.2, 0.25) is 11.8 Å². The van der Waals surface area contributed by atoms with Crippen molar-refractivity contribution in [3.63, 3.8) is 0 Å². The summed E-state index contributed by atoms with van der Waals surface area (Å²) in [5.41, 5.74) is 0. The normalized spacial score (nSPS) is 13.9. The van der Waals surface area contributed by atoms with E-state index in [0.29, 0.717) is 6.42 Å². The molecule has 10 heteroatoms. The van der Waals surface area contributed by atoms with Gasteiger partial charge in [0.1, 0.15) is 12.1 Å². The van der Waals surface area contributed by atoms with Gasteiger partial charge < -0.3 is 24.8 Å². The van der Waals surface area contributed by atoms with Crippen molar-refractivity contribution in [1.82, 2.24) is 10.6 Å². The van der Waals surface area contributed by atoms with Crippen molar-refractivity contribution in [2.24, 2.45) is 17.8 Å². The van der Waals surface area contributed by atoms with E-state index < -0.39 is 53.6 Å². The van der Waals surface area contributed by atoms with Gasteiger partial charge in [-0.3, -0.25) is 19.2 Å². The van der Waals surface area contributed by atoms with Crippen molar-refractivity contribution in [3.05, 3.63) is 0 Å². The van der Waals surface area contributed by atoms with Crippen LogP contribution in [0.1, 0.15) is 34.1 Å². The average Bonchev–Trinajstić information content (AvgIpc) is 2.63. The van der Waals surface area contributed by atoms with Crippen LogP contribution < -0.4 is 10.6 Å². The van der Waals surface area contributed by atoms with Crippen LogP contribution in [0, 0.1) is 17.8 Å². The number of esters is 3. The van der Waals surface area contributed by atoms with Gasteiger partial charge in [-0.15, -0.1) is 0 Å². The lowest BCUT2D eigenvalue weighted by molar-refractivity contribution is -0.163. The van der Waals surface area contributed by atoms with Crippen LogP contribution in [0.4, 0.5) is 0 Å². The predicted octanol–water partition coefficient (Wildman–Crippen LogP) is -0.207. The molecule has 0 aliphatic carbocycles. The van der Waals surface area contributed by atoms with E-state index in [0.717, 1.165) is 21.3 Å². The van der Waals surface area contributed by atoms with Crippen molar-refractivity contribution in [2.75, 3.05) is 21.3 Å². The number of methoxy groups -OCH3 is 3. The Morgan fingerprint density at radius 2 is 1.25 bits per heavy atom. The quantitative estimate of drug-likeness (QED) is 0.291. The van der Waals surface area contributed by atoms with Crippen molar-refractivity contribution < 1.29 is 38.2 Å². The summed E-state index contributed by atoms with van der Waals surface area (Å²) in [4.78, 5) is 60.4. The summed E-state index contributed by atoms with van der Waals surface area (Å²) in [6.45, 7) is 6.42. The number of ether oxygens (including phenoxy) is 3. The predicted molar refractivity (Wildman–Crippen MR) is 97.7 cm³/mol. The number of hydrogen-bond donors (Lipinski definition) is 2. The lowest BCUT2D eigenvalue weighted by Gasteiger charge is -2.29. The maximum absolute atomic E-state index is 12.7. The van der Waals surface area contributed by atoms with Gasteiger partial charge in [-0.05, 0) is 12.3 Å². The molecule has 0 heterocycles. The number of rotatable bonds is 10. The monoisotopic (exact) mass is 402 g/mol. The van der Waals surface area contributed by atoms with E-state index in [1.54, 1.807) is 0 Å². The number of carbonyl (C=O) groups excluding carboxylic acids is 5. The second kappa shape index (κ2) is 11.9. The molecule has 0 radical (unpaired) electrons. The Balaban J connectivity index is 5.73. The summed E-state index contributed by atoms with van der Waals surface area (Å²) in [6, 6.07) is -2.24. The maximum Gasteiger partial charge on any atom is 0.328 e. The number of amides is 2. The first-order valence-corrected chi connectivity index (χ1v) is 8.81. The third kappa shape index (κ3) is 7.53. The highest BCUT2D eigenvalue weighted by Gasteiger charge is 2.43. The number of hydrogen-bond acceptors (Lipinski definition) is 8. The molecule has 160 valence electrons. The summed E-state index contributed by atoms with van der Waals surface area (Å²) < 4.78 is 13.9. The highest BCUT2D eigenvalue weighted by Crippen LogP contribution is 2.21. The molecule has 0 rings (SSSR count). The molecule has 2 amide bonds. The topological polar surface area (TPSA) is 137 Å². The molecule has 0 aliphatic rings. The lowest BCUT2D eigenvalue weighted by atomic mass is 9.87. The van der Waals surface area contributed by atoms with Crippen LogP contribution in [0.2, 0.25) is 0 Å². The molecule has 3 atom stereocenters. The Hall–Kier alpha value is -2.65. The zero-order valence-corrected chi connectivity index (χ0v) is 17.4. The van der Waals surface area contributed by atoms with Crippen LogP contribution in [0.25, 0.3) is 0 Å². The Bertz CT molecular complexity index is 574. The fourth-order valence-corrected chi connectivity index (χ4v) is 2.71.